The van der Waals surface area contributed by atoms with Gasteiger partial charge in [0.05, 0.1) is 15.6 Å². The van der Waals surface area contributed by atoms with Gasteiger partial charge in [-0.15, -0.1) is 0 Å². The second-order valence-electron chi connectivity index (χ2n) is 6.47. The van der Waals surface area contributed by atoms with Crippen LogP contribution in [0.5, 0.6) is 0 Å². The molecule has 5 aromatic rings. The number of aromatic nitrogens is 1. The fourth-order valence-corrected chi connectivity index (χ4v) is 4.41. The lowest BCUT2D eigenvalue weighted by Gasteiger charge is -2.01. The van der Waals surface area contributed by atoms with Crippen molar-refractivity contribution in [3.8, 4) is 0 Å². The smallest absolute Gasteiger partial charge is 0.315 e. The van der Waals surface area contributed by atoms with Crippen LogP contribution in [0, 0.1) is 0 Å². The maximum atomic E-state index is 12.7. The first-order valence-electron chi connectivity index (χ1n) is 8.71. The third-order valence-electron chi connectivity index (χ3n) is 4.73. The molecule has 6 heteroatoms. The average molecular weight is 386 g/mol. The highest BCUT2D eigenvalue weighted by Gasteiger charge is 2.13. The van der Waals surface area contributed by atoms with Crippen molar-refractivity contribution in [2.45, 2.75) is 0 Å². The number of carbonyl (C=O) groups excluding carboxylic acids is 1. The van der Waals surface area contributed by atoms with Gasteiger partial charge in [0.15, 0.2) is 16.0 Å². The summed E-state index contributed by atoms with van der Waals surface area (Å²) in [6.07, 6.45) is 0. The largest absolute Gasteiger partial charge is 0.451 e. The molecular formula is C22H14N2O3S. The zero-order valence-corrected chi connectivity index (χ0v) is 15.7. The quantitative estimate of drug-likeness (QED) is 0.433. The van der Waals surface area contributed by atoms with E-state index in [4.69, 9.17) is 4.42 Å². The number of para-hydroxylation sites is 1. The Morgan fingerprint density at radius 1 is 1.00 bits per heavy atom. The first-order chi connectivity index (χ1) is 13.6. The van der Waals surface area contributed by atoms with Gasteiger partial charge in [-0.3, -0.25) is 9.59 Å². The summed E-state index contributed by atoms with van der Waals surface area (Å²) in [4.78, 5) is 29.7. The van der Waals surface area contributed by atoms with Crippen LogP contribution >= 0.6 is 11.3 Å². The Bertz CT molecular complexity index is 1520. The van der Waals surface area contributed by atoms with E-state index in [0.29, 0.717) is 15.8 Å². The van der Waals surface area contributed by atoms with Crippen molar-refractivity contribution in [2.75, 3.05) is 0 Å². The zero-order chi connectivity index (χ0) is 19.3. The lowest BCUT2D eigenvalue weighted by molar-refractivity contribution is 0.0972. The van der Waals surface area contributed by atoms with E-state index in [2.05, 4.69) is 23.2 Å². The van der Waals surface area contributed by atoms with Gasteiger partial charge in [0, 0.05) is 18.5 Å². The fraction of sp³-hybridized carbons (Fsp3) is 0.0455. The number of hydrogen-bond acceptors (Lipinski definition) is 4. The summed E-state index contributed by atoms with van der Waals surface area (Å²) in [5, 5.41) is 2.67. The molecule has 0 aliphatic rings. The minimum atomic E-state index is -0.575. The number of rotatable bonds is 1. The summed E-state index contributed by atoms with van der Waals surface area (Å²) < 4.78 is 8.55. The number of benzene rings is 3. The lowest BCUT2D eigenvalue weighted by atomic mass is 10.1. The van der Waals surface area contributed by atoms with E-state index < -0.39 is 5.91 Å². The number of carbonyl (C=O) groups is 1. The van der Waals surface area contributed by atoms with Gasteiger partial charge in [0.2, 0.25) is 0 Å². The summed E-state index contributed by atoms with van der Waals surface area (Å²) in [5.41, 5.74) is 1.14. The van der Waals surface area contributed by atoms with Gasteiger partial charge in [-0.1, -0.05) is 53.8 Å². The predicted octanol–water partition coefficient (Wildman–Crippen LogP) is 4.24. The molecule has 0 fully saturated rings. The first-order valence-corrected chi connectivity index (χ1v) is 9.53. The van der Waals surface area contributed by atoms with Crippen LogP contribution in [0.25, 0.3) is 32.0 Å². The first kappa shape index (κ1) is 16.6. The second kappa shape index (κ2) is 6.28. The van der Waals surface area contributed by atoms with Gasteiger partial charge in [0.1, 0.15) is 5.58 Å². The molecule has 2 aromatic heterocycles. The van der Waals surface area contributed by atoms with Crippen molar-refractivity contribution in [1.29, 1.82) is 0 Å². The topological polar surface area (TPSA) is 64.6 Å². The van der Waals surface area contributed by atoms with E-state index in [0.717, 1.165) is 21.0 Å². The Morgan fingerprint density at radius 3 is 2.61 bits per heavy atom. The van der Waals surface area contributed by atoms with Gasteiger partial charge in [-0.2, -0.15) is 4.99 Å². The van der Waals surface area contributed by atoms with E-state index in [1.807, 2.05) is 29.8 Å². The van der Waals surface area contributed by atoms with Gasteiger partial charge in [0.25, 0.3) is 0 Å². The average Bonchev–Trinajstić information content (AvgIpc) is 3.04. The van der Waals surface area contributed by atoms with Crippen LogP contribution in [-0.4, -0.2) is 10.5 Å². The van der Waals surface area contributed by atoms with Crippen LogP contribution in [0.1, 0.15) is 10.6 Å². The summed E-state index contributed by atoms with van der Waals surface area (Å²) in [6.45, 7) is 0. The molecule has 0 radical (unpaired) electrons. The molecule has 0 aliphatic heterocycles. The van der Waals surface area contributed by atoms with Gasteiger partial charge >= 0.3 is 5.91 Å². The molecule has 0 saturated carbocycles. The van der Waals surface area contributed by atoms with Crippen LogP contribution in [-0.2, 0) is 7.05 Å². The van der Waals surface area contributed by atoms with Crippen LogP contribution in [0.3, 0.4) is 0 Å². The summed E-state index contributed by atoms with van der Waals surface area (Å²) in [5.74, 6) is -0.639. The lowest BCUT2D eigenvalue weighted by Crippen LogP contribution is -2.14. The van der Waals surface area contributed by atoms with Crippen molar-refractivity contribution in [2.24, 2.45) is 12.0 Å². The molecule has 0 atom stereocenters. The maximum absolute atomic E-state index is 12.7. The molecule has 3 aromatic carbocycles. The van der Waals surface area contributed by atoms with Gasteiger partial charge in [-0.05, 0) is 23.6 Å². The van der Waals surface area contributed by atoms with Crippen molar-refractivity contribution < 1.29 is 9.21 Å². The standard InChI is InChI=1S/C22H14N2O3S/c1-24-20-14-7-3-2-6-13(14)10-11-19(20)28-22(24)23-21(26)18-12-16(25)15-8-4-5-9-17(15)27-18/h2-12H,1H3. The van der Waals surface area contributed by atoms with Crippen LogP contribution < -0.4 is 10.2 Å². The molecule has 0 unspecified atom stereocenters. The summed E-state index contributed by atoms with van der Waals surface area (Å²) in [6, 6.07) is 20.2. The SMILES string of the molecule is Cn1c(=NC(=O)c2cc(=O)c3ccccc3o2)sc2ccc3ccccc3c21. The van der Waals surface area contributed by atoms with Crippen molar-refractivity contribution in [3.63, 3.8) is 0 Å². The van der Waals surface area contributed by atoms with Crippen LogP contribution in [0.2, 0.25) is 0 Å². The van der Waals surface area contributed by atoms with Crippen molar-refractivity contribution in [1.82, 2.24) is 4.57 Å². The molecule has 1 amide bonds. The van der Waals surface area contributed by atoms with E-state index in [9.17, 15) is 9.59 Å². The van der Waals surface area contributed by atoms with Crippen LogP contribution in [0.15, 0.2) is 80.9 Å². The van der Waals surface area contributed by atoms with E-state index >= 15 is 0 Å². The Hall–Kier alpha value is -3.51. The molecule has 5 rings (SSSR count). The molecule has 2 heterocycles. The number of fused-ring (bicyclic) bond motifs is 4. The fourth-order valence-electron chi connectivity index (χ4n) is 3.38. The number of aryl methyl sites for hydroxylation is 1. The molecule has 0 bridgehead atoms. The number of thiazole rings is 1. The summed E-state index contributed by atoms with van der Waals surface area (Å²) >= 11 is 1.43. The molecule has 136 valence electrons. The highest BCUT2D eigenvalue weighted by molar-refractivity contribution is 7.16. The Balaban J connectivity index is 1.70. The second-order valence-corrected chi connectivity index (χ2v) is 7.47. The molecule has 0 N–H and O–H groups in total. The number of nitrogens with zero attached hydrogens (tertiary/aromatic N) is 2. The predicted molar refractivity (Wildman–Crippen MR) is 111 cm³/mol. The third-order valence-corrected chi connectivity index (χ3v) is 5.83. The summed E-state index contributed by atoms with van der Waals surface area (Å²) in [7, 11) is 1.88. The van der Waals surface area contributed by atoms with Crippen LogP contribution in [0.4, 0.5) is 0 Å². The third kappa shape index (κ3) is 2.58. The monoisotopic (exact) mass is 386 g/mol. The number of hydrogen-bond donors (Lipinski definition) is 0. The van der Waals surface area contributed by atoms with Gasteiger partial charge < -0.3 is 8.98 Å². The van der Waals surface area contributed by atoms with Gasteiger partial charge in [-0.25, -0.2) is 0 Å². The van der Waals surface area contributed by atoms with E-state index in [1.165, 1.54) is 17.4 Å². The highest BCUT2D eigenvalue weighted by Crippen LogP contribution is 2.26. The molecular weight excluding hydrogens is 372 g/mol. The zero-order valence-electron chi connectivity index (χ0n) is 14.9. The maximum Gasteiger partial charge on any atom is 0.315 e. The van der Waals surface area contributed by atoms with E-state index in [-0.39, 0.29) is 11.2 Å². The normalized spacial score (nSPS) is 12.2. The molecule has 5 nitrogen and oxygen atoms in total. The highest BCUT2D eigenvalue weighted by atomic mass is 32.1. The minimum absolute atomic E-state index is 0.0639. The van der Waals surface area contributed by atoms with Crippen molar-refractivity contribution >= 4 is 49.2 Å². The van der Waals surface area contributed by atoms with E-state index in [1.54, 1.807) is 24.3 Å². The minimum Gasteiger partial charge on any atom is -0.451 e. The molecule has 0 saturated heterocycles. The molecule has 0 aliphatic carbocycles. The number of amides is 1. The molecule has 28 heavy (non-hydrogen) atoms. The molecule has 0 spiro atoms. The Morgan fingerprint density at radius 2 is 1.75 bits per heavy atom. The van der Waals surface area contributed by atoms with Crippen molar-refractivity contribution in [3.05, 3.63) is 87.5 Å². The Labute approximate surface area is 162 Å². The Kier molecular flexibility index (Phi) is 3.74.